The second-order valence-corrected chi connectivity index (χ2v) is 5.48. The van der Waals surface area contributed by atoms with Gasteiger partial charge in [0.1, 0.15) is 6.04 Å². The lowest BCUT2D eigenvalue weighted by Gasteiger charge is -2.39. The van der Waals surface area contributed by atoms with E-state index in [2.05, 4.69) is 0 Å². The molecule has 5 heteroatoms. The summed E-state index contributed by atoms with van der Waals surface area (Å²) in [4.78, 5) is 13.6. The minimum atomic E-state index is -0.793. The van der Waals surface area contributed by atoms with Crippen molar-refractivity contribution in [3.8, 4) is 0 Å². The van der Waals surface area contributed by atoms with Gasteiger partial charge in [0.15, 0.2) is 0 Å². The van der Waals surface area contributed by atoms with Crippen molar-refractivity contribution in [3.05, 3.63) is 22.4 Å². The van der Waals surface area contributed by atoms with Crippen molar-refractivity contribution in [2.75, 3.05) is 13.2 Å². The normalized spacial score (nSPS) is 22.8. The van der Waals surface area contributed by atoms with Gasteiger partial charge in [-0.05, 0) is 48.2 Å². The van der Waals surface area contributed by atoms with Gasteiger partial charge < -0.3 is 10.2 Å². The van der Waals surface area contributed by atoms with Gasteiger partial charge >= 0.3 is 5.97 Å². The highest BCUT2D eigenvalue weighted by molar-refractivity contribution is 7.08. The summed E-state index contributed by atoms with van der Waals surface area (Å²) in [5.74, 6) is -0.793. The van der Waals surface area contributed by atoms with Crippen molar-refractivity contribution in [2.45, 2.75) is 37.8 Å². The van der Waals surface area contributed by atoms with Crippen LogP contribution in [0.5, 0.6) is 0 Å². The lowest BCUT2D eigenvalue weighted by molar-refractivity contribution is -0.145. The Labute approximate surface area is 111 Å². The molecule has 1 aromatic rings. The van der Waals surface area contributed by atoms with Crippen LogP contribution in [-0.4, -0.2) is 40.3 Å². The van der Waals surface area contributed by atoms with E-state index in [1.807, 2.05) is 21.7 Å². The van der Waals surface area contributed by atoms with E-state index in [1.165, 1.54) is 11.3 Å². The standard InChI is InChI=1S/C13H19NO3S/c15-7-4-11-3-1-2-6-14(11)12(13(16)17)10-5-8-18-9-10/h5,8-9,11-12,15H,1-4,6-7H2,(H,16,17). The number of piperidine rings is 1. The van der Waals surface area contributed by atoms with Crippen LogP contribution in [0, 0.1) is 0 Å². The maximum absolute atomic E-state index is 11.5. The minimum absolute atomic E-state index is 0.122. The fraction of sp³-hybridized carbons (Fsp3) is 0.615. The lowest BCUT2D eigenvalue weighted by atomic mass is 9.95. The van der Waals surface area contributed by atoms with Gasteiger partial charge in [-0.3, -0.25) is 9.69 Å². The van der Waals surface area contributed by atoms with Crippen LogP contribution in [0.15, 0.2) is 16.8 Å². The number of likely N-dealkylation sites (tertiary alicyclic amines) is 1. The molecule has 0 aromatic carbocycles. The molecule has 2 unspecified atom stereocenters. The Morgan fingerprint density at radius 1 is 1.56 bits per heavy atom. The number of aliphatic carboxylic acids is 1. The molecule has 2 rings (SSSR count). The van der Waals surface area contributed by atoms with Gasteiger partial charge in [0.05, 0.1) is 0 Å². The molecule has 1 aliphatic rings. The molecule has 1 saturated heterocycles. The average Bonchev–Trinajstić information content (AvgIpc) is 2.85. The topological polar surface area (TPSA) is 60.8 Å². The molecule has 18 heavy (non-hydrogen) atoms. The van der Waals surface area contributed by atoms with Crippen molar-refractivity contribution in [1.82, 2.24) is 4.90 Å². The fourth-order valence-electron chi connectivity index (χ4n) is 2.73. The summed E-state index contributed by atoms with van der Waals surface area (Å²) < 4.78 is 0. The number of thiophene rings is 1. The largest absolute Gasteiger partial charge is 0.480 e. The van der Waals surface area contributed by atoms with Gasteiger partial charge in [-0.1, -0.05) is 6.42 Å². The highest BCUT2D eigenvalue weighted by Crippen LogP contribution is 2.31. The average molecular weight is 269 g/mol. The molecule has 100 valence electrons. The monoisotopic (exact) mass is 269 g/mol. The number of rotatable bonds is 5. The first-order valence-corrected chi connectivity index (χ1v) is 7.30. The van der Waals surface area contributed by atoms with Crippen LogP contribution in [-0.2, 0) is 4.79 Å². The van der Waals surface area contributed by atoms with Crippen LogP contribution in [0.3, 0.4) is 0 Å². The van der Waals surface area contributed by atoms with E-state index in [0.29, 0.717) is 6.42 Å². The first kappa shape index (κ1) is 13.5. The summed E-state index contributed by atoms with van der Waals surface area (Å²) in [6.45, 7) is 0.925. The molecule has 0 bridgehead atoms. The first-order valence-electron chi connectivity index (χ1n) is 6.35. The molecule has 0 amide bonds. The Hall–Kier alpha value is -0.910. The molecule has 1 fully saturated rings. The van der Waals surface area contributed by atoms with Gasteiger partial charge in [0, 0.05) is 12.6 Å². The minimum Gasteiger partial charge on any atom is -0.480 e. The van der Waals surface area contributed by atoms with Crippen LogP contribution in [0.25, 0.3) is 0 Å². The van der Waals surface area contributed by atoms with E-state index < -0.39 is 12.0 Å². The molecular weight excluding hydrogens is 250 g/mol. The third-order valence-electron chi connectivity index (χ3n) is 3.56. The van der Waals surface area contributed by atoms with Gasteiger partial charge in [-0.2, -0.15) is 11.3 Å². The summed E-state index contributed by atoms with van der Waals surface area (Å²) in [6.07, 6.45) is 3.80. The zero-order valence-corrected chi connectivity index (χ0v) is 11.1. The van der Waals surface area contributed by atoms with Crippen molar-refractivity contribution >= 4 is 17.3 Å². The number of aliphatic hydroxyl groups excluding tert-OH is 1. The van der Waals surface area contributed by atoms with Crippen molar-refractivity contribution in [2.24, 2.45) is 0 Å². The SMILES string of the molecule is O=C(O)C(c1ccsc1)N1CCCCC1CCO. The molecule has 1 aliphatic heterocycles. The Morgan fingerprint density at radius 3 is 3.00 bits per heavy atom. The second kappa shape index (κ2) is 6.31. The maximum atomic E-state index is 11.5. The molecule has 0 radical (unpaired) electrons. The molecule has 2 N–H and O–H groups in total. The maximum Gasteiger partial charge on any atom is 0.325 e. The Morgan fingerprint density at radius 2 is 2.39 bits per heavy atom. The Kier molecular flexibility index (Phi) is 4.74. The van der Waals surface area contributed by atoms with Crippen LogP contribution in [0.4, 0.5) is 0 Å². The second-order valence-electron chi connectivity index (χ2n) is 4.70. The van der Waals surface area contributed by atoms with E-state index in [9.17, 15) is 9.90 Å². The van der Waals surface area contributed by atoms with Crippen LogP contribution in [0.2, 0.25) is 0 Å². The molecule has 4 nitrogen and oxygen atoms in total. The predicted molar refractivity (Wildman–Crippen MR) is 70.7 cm³/mol. The number of hydrogen-bond acceptors (Lipinski definition) is 4. The van der Waals surface area contributed by atoms with Gasteiger partial charge in [0.25, 0.3) is 0 Å². The molecule has 0 spiro atoms. The van der Waals surface area contributed by atoms with E-state index in [4.69, 9.17) is 5.11 Å². The smallest absolute Gasteiger partial charge is 0.325 e. The molecule has 1 aromatic heterocycles. The zero-order chi connectivity index (χ0) is 13.0. The van der Waals surface area contributed by atoms with Crippen molar-refractivity contribution < 1.29 is 15.0 Å². The Balaban J connectivity index is 2.20. The van der Waals surface area contributed by atoms with Crippen LogP contribution < -0.4 is 0 Å². The number of hydrogen-bond donors (Lipinski definition) is 2. The van der Waals surface area contributed by atoms with Gasteiger partial charge in [-0.15, -0.1) is 0 Å². The number of carbonyl (C=O) groups is 1. The van der Waals surface area contributed by atoms with Gasteiger partial charge in [0.2, 0.25) is 0 Å². The molecular formula is C13H19NO3S. The lowest BCUT2D eigenvalue weighted by Crippen LogP contribution is -2.45. The first-order chi connectivity index (χ1) is 8.74. The van der Waals surface area contributed by atoms with E-state index in [-0.39, 0.29) is 12.6 Å². The van der Waals surface area contributed by atoms with Crippen molar-refractivity contribution in [1.29, 1.82) is 0 Å². The summed E-state index contributed by atoms with van der Waals surface area (Å²) in [5.41, 5.74) is 0.859. The van der Waals surface area contributed by atoms with Crippen LogP contribution >= 0.6 is 11.3 Å². The quantitative estimate of drug-likeness (QED) is 0.859. The Bertz CT molecular complexity index is 378. The number of aliphatic hydroxyl groups is 1. The summed E-state index contributed by atoms with van der Waals surface area (Å²) in [7, 11) is 0. The summed E-state index contributed by atoms with van der Waals surface area (Å²) in [6, 6.07) is 1.51. The molecule has 0 aliphatic carbocycles. The number of carboxylic acid groups (broad SMARTS) is 1. The summed E-state index contributed by atoms with van der Waals surface area (Å²) in [5, 5.41) is 22.4. The number of carboxylic acids is 1. The van der Waals surface area contributed by atoms with E-state index in [0.717, 1.165) is 31.4 Å². The molecule has 0 saturated carbocycles. The van der Waals surface area contributed by atoms with E-state index >= 15 is 0 Å². The molecule has 2 heterocycles. The third-order valence-corrected chi connectivity index (χ3v) is 4.26. The molecule has 2 atom stereocenters. The fourth-order valence-corrected chi connectivity index (χ4v) is 3.41. The predicted octanol–water partition coefficient (Wildman–Crippen LogP) is 2.11. The number of nitrogens with zero attached hydrogens (tertiary/aromatic N) is 1. The third kappa shape index (κ3) is 2.91. The highest BCUT2D eigenvalue weighted by Gasteiger charge is 2.34. The zero-order valence-electron chi connectivity index (χ0n) is 10.3. The highest BCUT2D eigenvalue weighted by atomic mass is 32.1. The van der Waals surface area contributed by atoms with Crippen molar-refractivity contribution in [3.63, 3.8) is 0 Å². The van der Waals surface area contributed by atoms with Crippen LogP contribution in [0.1, 0.15) is 37.3 Å². The summed E-state index contributed by atoms with van der Waals surface area (Å²) >= 11 is 1.52. The van der Waals surface area contributed by atoms with E-state index in [1.54, 1.807) is 0 Å². The van der Waals surface area contributed by atoms with Gasteiger partial charge in [-0.25, -0.2) is 0 Å².